The van der Waals surface area contributed by atoms with Crippen molar-refractivity contribution in [2.24, 2.45) is 0 Å². The van der Waals surface area contributed by atoms with Gasteiger partial charge in [0, 0.05) is 40.7 Å². The summed E-state index contributed by atoms with van der Waals surface area (Å²) in [6, 6.07) is 24.1. The molecule has 4 aromatic rings. The fraction of sp³-hybridized carbons (Fsp3) is 0.258. The summed E-state index contributed by atoms with van der Waals surface area (Å²) in [5, 5.41) is 7.24. The Balaban J connectivity index is 1.47. The number of carbonyl (C=O) groups is 1. The molecule has 0 bridgehead atoms. The molecule has 6 nitrogen and oxygen atoms in total. The van der Waals surface area contributed by atoms with Crippen molar-refractivity contribution in [1.82, 2.24) is 19.8 Å². The largest absolute Gasteiger partial charge is 0.352 e. The lowest BCUT2D eigenvalue weighted by molar-refractivity contribution is -0.116. The number of hydrogen-bond acceptors (Lipinski definition) is 3. The number of carbonyl (C=O) groups excluding carboxylic acids is 1. The fourth-order valence-electron chi connectivity index (χ4n) is 5.46. The van der Waals surface area contributed by atoms with Crippen molar-refractivity contribution in [3.63, 3.8) is 0 Å². The molecule has 39 heavy (non-hydrogen) atoms. The summed E-state index contributed by atoms with van der Waals surface area (Å²) in [5.41, 5.74) is 7.40. The number of aromatic nitrogens is 2. The van der Waals surface area contributed by atoms with E-state index in [1.807, 2.05) is 60.8 Å². The first-order valence-corrected chi connectivity index (χ1v) is 14.4. The van der Waals surface area contributed by atoms with E-state index in [4.69, 9.17) is 12.2 Å². The van der Waals surface area contributed by atoms with E-state index >= 15 is 0 Å². The Morgan fingerprint density at radius 1 is 1.08 bits per heavy atom. The Hall–Kier alpha value is -3.49. The molecule has 0 spiro atoms. The Labute approximate surface area is 243 Å². The molecule has 2 atom stereocenters. The second-order valence-electron chi connectivity index (χ2n) is 9.74. The van der Waals surface area contributed by atoms with Crippen LogP contribution in [-0.4, -0.2) is 32.0 Å². The van der Waals surface area contributed by atoms with Gasteiger partial charge in [-0.3, -0.25) is 9.78 Å². The van der Waals surface area contributed by atoms with E-state index in [1.165, 1.54) is 0 Å². The predicted molar refractivity (Wildman–Crippen MR) is 164 cm³/mol. The van der Waals surface area contributed by atoms with Gasteiger partial charge in [-0.1, -0.05) is 43.3 Å². The minimum atomic E-state index is -0.143. The van der Waals surface area contributed by atoms with Gasteiger partial charge in [0.1, 0.15) is 0 Å². The fourth-order valence-corrected chi connectivity index (χ4v) is 6.25. The van der Waals surface area contributed by atoms with Gasteiger partial charge < -0.3 is 20.1 Å². The van der Waals surface area contributed by atoms with Crippen molar-refractivity contribution in [2.75, 3.05) is 11.9 Å². The molecule has 200 valence electrons. The van der Waals surface area contributed by atoms with E-state index < -0.39 is 0 Å². The highest BCUT2D eigenvalue weighted by Gasteiger charge is 2.41. The number of nitrogens with zero attached hydrogens (tertiary/aromatic N) is 3. The zero-order chi connectivity index (χ0) is 27.5. The standard InChI is InChI=1S/C31H32BrN5OS/c1-4-22-11-5-7-13-25(22)34-28(38)16-18-36-30(29(35-31(36)39)26-14-9-10-17-33-26)23-19-20(2)37(21(23)3)27-15-8-6-12-24(27)32/h5-15,17,19,29-30H,4,16,18H2,1-3H3,(H,34,38)(H,35,39)/t29-,30-/m0/s1. The smallest absolute Gasteiger partial charge is 0.226 e. The molecule has 1 aliphatic rings. The SMILES string of the molecule is CCc1ccccc1NC(=O)CCN1C(=S)N[C@@H](c2ccccn2)[C@@H]1c1cc(C)n(-c2ccccc2Br)c1C. The quantitative estimate of drug-likeness (QED) is 0.217. The highest BCUT2D eigenvalue weighted by molar-refractivity contribution is 9.10. The van der Waals surface area contributed by atoms with Crippen LogP contribution in [0.25, 0.3) is 5.69 Å². The van der Waals surface area contributed by atoms with Crippen molar-refractivity contribution in [1.29, 1.82) is 0 Å². The third kappa shape index (κ3) is 5.49. The molecule has 1 aliphatic heterocycles. The Morgan fingerprint density at radius 3 is 2.56 bits per heavy atom. The minimum absolute atomic E-state index is 0.0302. The number of aryl methyl sites for hydroxylation is 2. The lowest BCUT2D eigenvalue weighted by Gasteiger charge is -2.28. The van der Waals surface area contributed by atoms with Crippen LogP contribution in [0.4, 0.5) is 5.69 Å². The van der Waals surface area contributed by atoms with Gasteiger partial charge in [0.2, 0.25) is 5.91 Å². The molecule has 8 heteroatoms. The van der Waals surface area contributed by atoms with Crippen LogP contribution < -0.4 is 10.6 Å². The van der Waals surface area contributed by atoms with Crippen molar-refractivity contribution >= 4 is 44.9 Å². The van der Waals surface area contributed by atoms with E-state index in [1.54, 1.807) is 0 Å². The molecule has 0 aliphatic carbocycles. The predicted octanol–water partition coefficient (Wildman–Crippen LogP) is 6.82. The van der Waals surface area contributed by atoms with Gasteiger partial charge in [0.25, 0.3) is 0 Å². The number of pyridine rings is 1. The summed E-state index contributed by atoms with van der Waals surface area (Å²) in [7, 11) is 0. The zero-order valence-corrected chi connectivity index (χ0v) is 24.7. The van der Waals surface area contributed by atoms with Crippen LogP contribution in [0.3, 0.4) is 0 Å². The van der Waals surface area contributed by atoms with Crippen LogP contribution in [0, 0.1) is 13.8 Å². The maximum atomic E-state index is 13.1. The second-order valence-corrected chi connectivity index (χ2v) is 11.0. The van der Waals surface area contributed by atoms with Gasteiger partial charge in [0.05, 0.1) is 23.5 Å². The number of halogens is 1. The van der Waals surface area contributed by atoms with Crippen molar-refractivity contribution in [2.45, 2.75) is 45.7 Å². The van der Waals surface area contributed by atoms with Crippen LogP contribution >= 0.6 is 28.1 Å². The summed E-state index contributed by atoms with van der Waals surface area (Å²) in [5.74, 6) is -0.0302. The van der Waals surface area contributed by atoms with Gasteiger partial charge in [-0.2, -0.15) is 0 Å². The zero-order valence-electron chi connectivity index (χ0n) is 22.3. The maximum Gasteiger partial charge on any atom is 0.226 e. The number of thiocarbonyl (C=S) groups is 1. The molecule has 0 unspecified atom stereocenters. The molecule has 2 aromatic heterocycles. The van der Waals surface area contributed by atoms with Crippen LogP contribution in [0.5, 0.6) is 0 Å². The average Bonchev–Trinajstić information content (AvgIpc) is 3.42. The molecule has 3 heterocycles. The number of benzene rings is 2. The maximum absolute atomic E-state index is 13.1. The molecule has 2 N–H and O–H groups in total. The first-order valence-electron chi connectivity index (χ1n) is 13.2. The van der Waals surface area contributed by atoms with Crippen molar-refractivity contribution in [3.05, 3.63) is 112 Å². The van der Waals surface area contributed by atoms with Crippen LogP contribution in [0.1, 0.15) is 53.6 Å². The number of anilines is 1. The summed E-state index contributed by atoms with van der Waals surface area (Å²) < 4.78 is 3.30. The Kier molecular flexibility index (Phi) is 8.14. The molecular weight excluding hydrogens is 570 g/mol. The van der Waals surface area contributed by atoms with Gasteiger partial charge >= 0.3 is 0 Å². The van der Waals surface area contributed by atoms with Gasteiger partial charge in [0.15, 0.2) is 5.11 Å². The molecule has 2 aromatic carbocycles. The number of rotatable bonds is 8. The number of para-hydroxylation sites is 2. The highest BCUT2D eigenvalue weighted by atomic mass is 79.9. The number of amides is 1. The van der Waals surface area contributed by atoms with Crippen molar-refractivity contribution in [3.8, 4) is 5.69 Å². The van der Waals surface area contributed by atoms with E-state index in [0.29, 0.717) is 18.1 Å². The Bertz CT molecular complexity index is 1500. The first-order chi connectivity index (χ1) is 18.9. The van der Waals surface area contributed by atoms with Crippen LogP contribution in [0.2, 0.25) is 0 Å². The van der Waals surface area contributed by atoms with E-state index in [0.717, 1.165) is 50.5 Å². The van der Waals surface area contributed by atoms with Crippen LogP contribution in [0.15, 0.2) is 83.5 Å². The number of nitrogens with one attached hydrogen (secondary N) is 2. The normalized spacial score (nSPS) is 16.8. The lowest BCUT2D eigenvalue weighted by Crippen LogP contribution is -2.33. The summed E-state index contributed by atoms with van der Waals surface area (Å²) >= 11 is 9.58. The van der Waals surface area contributed by atoms with Crippen LogP contribution in [-0.2, 0) is 11.2 Å². The molecular formula is C31H32BrN5OS. The van der Waals surface area contributed by atoms with Crippen molar-refractivity contribution < 1.29 is 4.79 Å². The molecule has 1 saturated heterocycles. The first kappa shape index (κ1) is 27.1. The van der Waals surface area contributed by atoms with E-state index in [2.05, 4.69) is 80.0 Å². The Morgan fingerprint density at radius 2 is 1.82 bits per heavy atom. The molecule has 1 fully saturated rings. The third-order valence-electron chi connectivity index (χ3n) is 7.33. The average molecular weight is 603 g/mol. The minimum Gasteiger partial charge on any atom is -0.352 e. The van der Waals surface area contributed by atoms with Gasteiger partial charge in [-0.05, 0) is 95.9 Å². The van der Waals surface area contributed by atoms with Gasteiger partial charge in [-0.25, -0.2) is 0 Å². The summed E-state index contributed by atoms with van der Waals surface area (Å²) in [6.45, 7) is 6.84. The third-order valence-corrected chi connectivity index (χ3v) is 8.36. The van der Waals surface area contributed by atoms with Gasteiger partial charge in [-0.15, -0.1) is 0 Å². The lowest BCUT2D eigenvalue weighted by atomic mass is 9.96. The summed E-state index contributed by atoms with van der Waals surface area (Å²) in [6.07, 6.45) is 2.98. The summed E-state index contributed by atoms with van der Waals surface area (Å²) in [4.78, 5) is 19.9. The monoisotopic (exact) mass is 601 g/mol. The molecule has 0 radical (unpaired) electrons. The molecule has 0 saturated carbocycles. The molecule has 5 rings (SSSR count). The second kappa shape index (κ2) is 11.7. The number of hydrogen-bond donors (Lipinski definition) is 2. The topological polar surface area (TPSA) is 62.2 Å². The highest BCUT2D eigenvalue weighted by Crippen LogP contribution is 2.42. The van der Waals surface area contributed by atoms with E-state index in [9.17, 15) is 4.79 Å². The van der Waals surface area contributed by atoms with E-state index in [-0.39, 0.29) is 18.0 Å². The molecule has 1 amide bonds.